The number of urea groups is 1. The van der Waals surface area contributed by atoms with Crippen LogP contribution in [0.4, 0.5) is 4.79 Å². The van der Waals surface area contributed by atoms with E-state index in [4.69, 9.17) is 4.74 Å². The molecule has 0 aliphatic heterocycles. The number of phenols is 1. The van der Waals surface area contributed by atoms with Crippen molar-refractivity contribution in [3.8, 4) is 11.5 Å². The maximum atomic E-state index is 12.6. The molecule has 0 spiro atoms. The van der Waals surface area contributed by atoms with Gasteiger partial charge in [0.1, 0.15) is 0 Å². The average molecular weight is 346 g/mol. The third kappa shape index (κ3) is 5.41. The molecule has 7 heteroatoms. The van der Waals surface area contributed by atoms with E-state index in [0.717, 1.165) is 11.1 Å². The normalized spacial score (nSPS) is 10.8. The van der Waals surface area contributed by atoms with Crippen LogP contribution in [-0.4, -0.2) is 39.5 Å². The van der Waals surface area contributed by atoms with Crippen LogP contribution < -0.4 is 10.1 Å². The molecule has 1 heterocycles. The van der Waals surface area contributed by atoms with Gasteiger partial charge in [0.15, 0.2) is 11.5 Å². The van der Waals surface area contributed by atoms with Crippen LogP contribution in [0.5, 0.6) is 11.5 Å². The number of amides is 2. The molecule has 0 fully saturated rings. The molecule has 136 valence electrons. The number of methoxy groups -OCH3 is 1. The lowest BCUT2D eigenvalue weighted by Crippen LogP contribution is -2.41. The Morgan fingerprint density at radius 2 is 2.16 bits per heavy atom. The van der Waals surface area contributed by atoms with Gasteiger partial charge in [0.25, 0.3) is 0 Å². The molecule has 2 amide bonds. The monoisotopic (exact) mass is 346 g/mol. The molecule has 0 radical (unpaired) electrons. The predicted molar refractivity (Wildman–Crippen MR) is 95.4 cm³/mol. The molecule has 1 aromatic heterocycles. The number of phenolic OH excluding ortho intramolecular Hbond substituents is 1. The van der Waals surface area contributed by atoms with Gasteiger partial charge in [-0.15, -0.1) is 0 Å². The lowest BCUT2D eigenvalue weighted by molar-refractivity contribution is 0.187. The summed E-state index contributed by atoms with van der Waals surface area (Å²) < 4.78 is 6.82. The SMILES string of the molecule is COc1cc(CNC(=O)N(Cc2cnn(C)c2)CC(C)C)ccc1O. The highest BCUT2D eigenvalue weighted by Crippen LogP contribution is 2.26. The summed E-state index contributed by atoms with van der Waals surface area (Å²) in [4.78, 5) is 14.4. The number of rotatable bonds is 7. The maximum absolute atomic E-state index is 12.6. The minimum absolute atomic E-state index is 0.0792. The van der Waals surface area contributed by atoms with Crippen molar-refractivity contribution < 1.29 is 14.6 Å². The molecule has 7 nitrogen and oxygen atoms in total. The molecule has 2 aromatic rings. The number of benzene rings is 1. The minimum atomic E-state index is -0.135. The van der Waals surface area contributed by atoms with Crippen LogP contribution in [0.3, 0.4) is 0 Å². The highest BCUT2D eigenvalue weighted by Gasteiger charge is 2.16. The quantitative estimate of drug-likeness (QED) is 0.807. The number of aromatic nitrogens is 2. The van der Waals surface area contributed by atoms with Crippen LogP contribution in [0, 0.1) is 5.92 Å². The summed E-state index contributed by atoms with van der Waals surface area (Å²) in [6, 6.07) is 4.89. The number of nitrogens with zero attached hydrogens (tertiary/aromatic N) is 3. The number of aromatic hydroxyl groups is 1. The highest BCUT2D eigenvalue weighted by atomic mass is 16.5. The van der Waals surface area contributed by atoms with Crippen molar-refractivity contribution in [1.82, 2.24) is 20.0 Å². The van der Waals surface area contributed by atoms with Crippen LogP contribution in [-0.2, 0) is 20.1 Å². The molecule has 0 unspecified atom stereocenters. The molecule has 0 saturated carbocycles. The van der Waals surface area contributed by atoms with Gasteiger partial charge in [0.05, 0.1) is 19.9 Å². The van der Waals surface area contributed by atoms with Gasteiger partial charge in [-0.2, -0.15) is 5.10 Å². The highest BCUT2D eigenvalue weighted by molar-refractivity contribution is 5.74. The predicted octanol–water partition coefficient (Wildman–Crippen LogP) is 2.50. The Kier molecular flexibility index (Phi) is 6.27. The second-order valence-electron chi connectivity index (χ2n) is 6.46. The van der Waals surface area contributed by atoms with Crippen molar-refractivity contribution in [3.63, 3.8) is 0 Å². The third-order valence-electron chi connectivity index (χ3n) is 3.69. The van der Waals surface area contributed by atoms with E-state index in [2.05, 4.69) is 24.3 Å². The third-order valence-corrected chi connectivity index (χ3v) is 3.69. The number of hydrogen-bond acceptors (Lipinski definition) is 4. The Balaban J connectivity index is 2.01. The van der Waals surface area contributed by atoms with E-state index in [1.165, 1.54) is 7.11 Å². The Bertz CT molecular complexity index is 712. The Morgan fingerprint density at radius 1 is 1.40 bits per heavy atom. The van der Waals surface area contributed by atoms with Crippen LogP contribution in [0.25, 0.3) is 0 Å². The fourth-order valence-electron chi connectivity index (χ4n) is 2.56. The lowest BCUT2D eigenvalue weighted by atomic mass is 10.2. The molecule has 0 saturated heterocycles. The first-order chi connectivity index (χ1) is 11.9. The molecule has 1 aromatic carbocycles. The van der Waals surface area contributed by atoms with Gasteiger partial charge in [0.2, 0.25) is 0 Å². The summed E-state index contributed by atoms with van der Waals surface area (Å²) in [5, 5.41) is 16.7. The number of nitrogens with one attached hydrogen (secondary N) is 1. The first kappa shape index (κ1) is 18.6. The second kappa shape index (κ2) is 8.41. The van der Waals surface area contributed by atoms with Crippen molar-refractivity contribution in [1.29, 1.82) is 0 Å². The van der Waals surface area contributed by atoms with Crippen LogP contribution in [0.15, 0.2) is 30.6 Å². The van der Waals surface area contributed by atoms with E-state index in [-0.39, 0.29) is 11.8 Å². The van der Waals surface area contributed by atoms with Crippen molar-refractivity contribution in [2.75, 3.05) is 13.7 Å². The van der Waals surface area contributed by atoms with Crippen molar-refractivity contribution in [2.45, 2.75) is 26.9 Å². The minimum Gasteiger partial charge on any atom is -0.504 e. The van der Waals surface area contributed by atoms with Crippen molar-refractivity contribution in [3.05, 3.63) is 41.7 Å². The van der Waals surface area contributed by atoms with Crippen molar-refractivity contribution >= 4 is 6.03 Å². The number of ether oxygens (including phenoxy) is 1. The maximum Gasteiger partial charge on any atom is 0.317 e. The lowest BCUT2D eigenvalue weighted by Gasteiger charge is -2.24. The molecular weight excluding hydrogens is 320 g/mol. The van der Waals surface area contributed by atoms with E-state index in [1.807, 2.05) is 13.2 Å². The Morgan fingerprint density at radius 3 is 2.76 bits per heavy atom. The van der Waals surface area contributed by atoms with Gasteiger partial charge in [-0.25, -0.2) is 4.79 Å². The largest absolute Gasteiger partial charge is 0.504 e. The fraction of sp³-hybridized carbons (Fsp3) is 0.444. The van der Waals surface area contributed by atoms with Crippen LogP contribution in [0.2, 0.25) is 0 Å². The van der Waals surface area contributed by atoms with Crippen LogP contribution in [0.1, 0.15) is 25.0 Å². The Hall–Kier alpha value is -2.70. The first-order valence-corrected chi connectivity index (χ1v) is 8.25. The number of hydrogen-bond donors (Lipinski definition) is 2. The Labute approximate surface area is 148 Å². The number of carbonyl (C=O) groups excluding carboxylic acids is 1. The standard InChI is InChI=1S/C18H26N4O3/c1-13(2)10-22(12-15-9-20-21(3)11-15)18(24)19-8-14-5-6-16(23)17(7-14)25-4/h5-7,9,11,13,23H,8,10,12H2,1-4H3,(H,19,24). The molecule has 2 rings (SSSR count). The van der Waals surface area contributed by atoms with Gasteiger partial charge in [-0.05, 0) is 23.6 Å². The zero-order valence-electron chi connectivity index (χ0n) is 15.2. The number of aryl methyl sites for hydroxylation is 1. The average Bonchev–Trinajstić information content (AvgIpc) is 2.97. The zero-order valence-corrected chi connectivity index (χ0v) is 15.2. The summed E-state index contributed by atoms with van der Waals surface area (Å²) in [6.07, 6.45) is 3.68. The van der Waals surface area contributed by atoms with Crippen molar-refractivity contribution in [2.24, 2.45) is 13.0 Å². The fourth-order valence-corrected chi connectivity index (χ4v) is 2.56. The van der Waals surface area contributed by atoms with Gasteiger partial charge < -0.3 is 20.1 Å². The first-order valence-electron chi connectivity index (χ1n) is 8.25. The van der Waals surface area contributed by atoms with E-state index in [9.17, 15) is 9.90 Å². The zero-order chi connectivity index (χ0) is 18.4. The van der Waals surface area contributed by atoms with Crippen LogP contribution >= 0.6 is 0 Å². The summed E-state index contributed by atoms with van der Waals surface area (Å²) in [5.74, 6) is 0.827. The topological polar surface area (TPSA) is 79.6 Å². The summed E-state index contributed by atoms with van der Waals surface area (Å²) in [5.41, 5.74) is 1.85. The number of carbonyl (C=O) groups is 1. The van der Waals surface area contributed by atoms with Gasteiger partial charge >= 0.3 is 6.03 Å². The van der Waals surface area contributed by atoms with Gasteiger partial charge in [-0.3, -0.25) is 4.68 Å². The molecule has 0 bridgehead atoms. The van der Waals surface area contributed by atoms with E-state index >= 15 is 0 Å². The van der Waals surface area contributed by atoms with Gasteiger partial charge in [-0.1, -0.05) is 19.9 Å². The van der Waals surface area contributed by atoms with Gasteiger partial charge in [0, 0.05) is 31.9 Å². The van der Waals surface area contributed by atoms with E-state index in [0.29, 0.717) is 31.3 Å². The summed E-state index contributed by atoms with van der Waals surface area (Å²) in [7, 11) is 3.35. The van der Waals surface area contributed by atoms with E-state index < -0.39 is 0 Å². The van der Waals surface area contributed by atoms with E-state index in [1.54, 1.807) is 34.0 Å². The smallest absolute Gasteiger partial charge is 0.317 e. The molecule has 0 aliphatic carbocycles. The molecule has 25 heavy (non-hydrogen) atoms. The molecule has 0 aliphatic rings. The molecular formula is C18H26N4O3. The molecule has 0 atom stereocenters. The summed E-state index contributed by atoms with van der Waals surface area (Å²) in [6.45, 7) is 5.68. The second-order valence-corrected chi connectivity index (χ2v) is 6.46. The summed E-state index contributed by atoms with van der Waals surface area (Å²) >= 11 is 0. The molecule has 2 N–H and O–H groups in total.